The Hall–Kier alpha value is -1.86. The lowest BCUT2D eigenvalue weighted by Gasteiger charge is -2.14. The lowest BCUT2D eigenvalue weighted by atomic mass is 9.93. The maximum absolute atomic E-state index is 11.6. The van der Waals surface area contributed by atoms with Gasteiger partial charge in [0.25, 0.3) is 0 Å². The van der Waals surface area contributed by atoms with E-state index in [9.17, 15) is 4.79 Å². The Morgan fingerprint density at radius 3 is 2.61 bits per heavy atom. The second-order valence-corrected chi connectivity index (χ2v) is 3.88. The molecule has 4 heteroatoms. The second kappa shape index (κ2) is 6.77. The molecule has 0 amide bonds. The average molecular weight is 246 g/mol. The van der Waals surface area contributed by atoms with Crippen molar-refractivity contribution in [1.29, 1.82) is 5.26 Å². The topological polar surface area (TPSA) is 76.1 Å². The molecule has 18 heavy (non-hydrogen) atoms. The van der Waals surface area contributed by atoms with Gasteiger partial charge in [0.05, 0.1) is 24.7 Å². The molecular weight excluding hydrogens is 228 g/mol. The molecule has 4 nitrogen and oxygen atoms in total. The number of rotatable bonds is 5. The number of aryl methyl sites for hydroxylation is 1. The largest absolute Gasteiger partial charge is 0.466 e. The summed E-state index contributed by atoms with van der Waals surface area (Å²) in [6, 6.07) is 5.75. The molecule has 0 radical (unpaired) electrons. The van der Waals surface area contributed by atoms with Gasteiger partial charge in [0.15, 0.2) is 0 Å². The Balaban J connectivity index is 3.20. The number of benzene rings is 1. The number of hydrogen-bond donors (Lipinski definition) is 1. The first-order chi connectivity index (χ1) is 8.67. The lowest BCUT2D eigenvalue weighted by molar-refractivity contribution is -0.142. The van der Waals surface area contributed by atoms with Gasteiger partial charge in [-0.3, -0.25) is 4.79 Å². The minimum atomic E-state index is -0.281. The van der Waals surface area contributed by atoms with Gasteiger partial charge in [0.1, 0.15) is 0 Å². The number of esters is 1. The zero-order valence-electron chi connectivity index (χ0n) is 10.8. The standard InChI is InChI=1S/C14H18N2O2/c1-3-10-5-6-11(8-15)13(9-16)12(10)7-14(17)18-4-2/h5-6H,3-4,7,9,16H2,1-2H3. The summed E-state index contributed by atoms with van der Waals surface area (Å²) < 4.78 is 4.96. The van der Waals surface area contributed by atoms with Crippen molar-refractivity contribution in [2.45, 2.75) is 33.2 Å². The predicted molar refractivity (Wildman–Crippen MR) is 68.8 cm³/mol. The van der Waals surface area contributed by atoms with Gasteiger partial charge in [-0.15, -0.1) is 0 Å². The van der Waals surface area contributed by atoms with E-state index in [-0.39, 0.29) is 18.9 Å². The molecule has 0 aliphatic heterocycles. The second-order valence-electron chi connectivity index (χ2n) is 3.88. The fourth-order valence-corrected chi connectivity index (χ4v) is 1.99. The van der Waals surface area contributed by atoms with Crippen LogP contribution in [-0.4, -0.2) is 12.6 Å². The Kier molecular flexibility index (Phi) is 5.34. The first-order valence-electron chi connectivity index (χ1n) is 6.07. The summed E-state index contributed by atoms with van der Waals surface area (Å²) >= 11 is 0. The van der Waals surface area contributed by atoms with Gasteiger partial charge < -0.3 is 10.5 Å². The quantitative estimate of drug-likeness (QED) is 0.802. The van der Waals surface area contributed by atoms with E-state index in [1.54, 1.807) is 13.0 Å². The molecule has 0 saturated carbocycles. The normalized spacial score (nSPS) is 9.89. The average Bonchev–Trinajstić information content (AvgIpc) is 2.38. The maximum Gasteiger partial charge on any atom is 0.310 e. The third-order valence-electron chi connectivity index (χ3n) is 2.86. The van der Waals surface area contributed by atoms with Gasteiger partial charge in [-0.05, 0) is 36.1 Å². The summed E-state index contributed by atoms with van der Waals surface area (Å²) in [5, 5.41) is 9.05. The minimum absolute atomic E-state index is 0.180. The van der Waals surface area contributed by atoms with E-state index < -0.39 is 0 Å². The Labute approximate surface area is 107 Å². The Morgan fingerprint density at radius 1 is 1.39 bits per heavy atom. The van der Waals surface area contributed by atoms with Crippen LogP contribution in [0.3, 0.4) is 0 Å². The Morgan fingerprint density at radius 2 is 2.11 bits per heavy atom. The molecule has 0 fully saturated rings. The van der Waals surface area contributed by atoms with Gasteiger partial charge in [-0.25, -0.2) is 0 Å². The van der Waals surface area contributed by atoms with E-state index in [0.29, 0.717) is 12.2 Å². The van der Waals surface area contributed by atoms with Crippen LogP contribution < -0.4 is 5.73 Å². The van der Waals surface area contributed by atoms with Crippen LogP contribution in [0.2, 0.25) is 0 Å². The number of nitriles is 1. The molecule has 0 aliphatic carbocycles. The highest BCUT2D eigenvalue weighted by Crippen LogP contribution is 2.20. The number of hydrogen-bond acceptors (Lipinski definition) is 4. The van der Waals surface area contributed by atoms with E-state index in [1.165, 1.54) is 0 Å². The molecule has 96 valence electrons. The highest BCUT2D eigenvalue weighted by molar-refractivity contribution is 5.74. The minimum Gasteiger partial charge on any atom is -0.466 e. The smallest absolute Gasteiger partial charge is 0.310 e. The van der Waals surface area contributed by atoms with E-state index in [0.717, 1.165) is 23.1 Å². The summed E-state index contributed by atoms with van der Waals surface area (Å²) in [4.78, 5) is 11.6. The van der Waals surface area contributed by atoms with Crippen LogP contribution >= 0.6 is 0 Å². The van der Waals surface area contributed by atoms with E-state index in [4.69, 9.17) is 15.7 Å². The number of nitrogens with zero attached hydrogens (tertiary/aromatic N) is 1. The van der Waals surface area contributed by atoms with Crippen molar-refractivity contribution in [3.05, 3.63) is 34.4 Å². The lowest BCUT2D eigenvalue weighted by Crippen LogP contribution is -2.14. The van der Waals surface area contributed by atoms with Crippen LogP contribution in [0.4, 0.5) is 0 Å². The third-order valence-corrected chi connectivity index (χ3v) is 2.86. The summed E-state index contributed by atoms with van der Waals surface area (Å²) in [7, 11) is 0. The molecule has 0 aliphatic rings. The van der Waals surface area contributed by atoms with Gasteiger partial charge in [-0.2, -0.15) is 5.26 Å². The Bertz CT molecular complexity index is 475. The van der Waals surface area contributed by atoms with Crippen LogP contribution in [-0.2, 0) is 28.9 Å². The monoisotopic (exact) mass is 246 g/mol. The summed E-state index contributed by atoms with van der Waals surface area (Å²) in [5.41, 5.74) is 8.88. The van der Waals surface area contributed by atoms with E-state index in [1.807, 2.05) is 13.0 Å². The van der Waals surface area contributed by atoms with Gasteiger partial charge in [0, 0.05) is 6.54 Å². The summed E-state index contributed by atoms with van der Waals surface area (Å²) in [5.74, 6) is -0.281. The number of carbonyl (C=O) groups is 1. The first kappa shape index (κ1) is 14.2. The van der Waals surface area contributed by atoms with Crippen molar-refractivity contribution in [3.8, 4) is 6.07 Å². The number of nitrogens with two attached hydrogens (primary N) is 1. The molecule has 0 bridgehead atoms. The molecule has 0 heterocycles. The van der Waals surface area contributed by atoms with Crippen molar-refractivity contribution < 1.29 is 9.53 Å². The summed E-state index contributed by atoms with van der Waals surface area (Å²) in [6.07, 6.45) is 0.979. The fraction of sp³-hybridized carbons (Fsp3) is 0.429. The van der Waals surface area contributed by atoms with Crippen LogP contribution in [0.5, 0.6) is 0 Å². The highest BCUT2D eigenvalue weighted by atomic mass is 16.5. The molecule has 1 aromatic carbocycles. The maximum atomic E-state index is 11.6. The number of ether oxygens (including phenoxy) is 1. The molecular formula is C14H18N2O2. The van der Waals surface area contributed by atoms with Crippen LogP contribution in [0.25, 0.3) is 0 Å². The third kappa shape index (κ3) is 3.08. The SMILES string of the molecule is CCOC(=O)Cc1c(CC)ccc(C#N)c1CN. The van der Waals surface area contributed by atoms with Crippen molar-refractivity contribution in [2.75, 3.05) is 6.61 Å². The molecule has 0 atom stereocenters. The zero-order chi connectivity index (χ0) is 13.5. The molecule has 0 saturated heterocycles. The van der Waals surface area contributed by atoms with Gasteiger partial charge in [-0.1, -0.05) is 13.0 Å². The molecule has 1 rings (SSSR count). The van der Waals surface area contributed by atoms with Gasteiger partial charge >= 0.3 is 5.97 Å². The van der Waals surface area contributed by atoms with Crippen molar-refractivity contribution in [1.82, 2.24) is 0 Å². The molecule has 0 unspecified atom stereocenters. The van der Waals surface area contributed by atoms with Crippen LogP contribution in [0, 0.1) is 11.3 Å². The van der Waals surface area contributed by atoms with Gasteiger partial charge in [0.2, 0.25) is 0 Å². The fourth-order valence-electron chi connectivity index (χ4n) is 1.99. The molecule has 0 aromatic heterocycles. The van der Waals surface area contributed by atoms with Crippen LogP contribution in [0.1, 0.15) is 36.1 Å². The molecule has 1 aromatic rings. The molecule has 2 N–H and O–H groups in total. The predicted octanol–water partition coefficient (Wildman–Crippen LogP) is 1.68. The van der Waals surface area contributed by atoms with E-state index >= 15 is 0 Å². The highest BCUT2D eigenvalue weighted by Gasteiger charge is 2.15. The van der Waals surface area contributed by atoms with Crippen molar-refractivity contribution >= 4 is 5.97 Å². The zero-order valence-corrected chi connectivity index (χ0v) is 10.8. The number of carbonyl (C=O) groups excluding carboxylic acids is 1. The van der Waals surface area contributed by atoms with Crippen molar-refractivity contribution in [3.63, 3.8) is 0 Å². The van der Waals surface area contributed by atoms with Crippen molar-refractivity contribution in [2.24, 2.45) is 5.73 Å². The first-order valence-corrected chi connectivity index (χ1v) is 6.07. The van der Waals surface area contributed by atoms with E-state index in [2.05, 4.69) is 6.07 Å². The molecule has 0 spiro atoms. The van der Waals surface area contributed by atoms with Crippen LogP contribution in [0.15, 0.2) is 12.1 Å². The summed E-state index contributed by atoms with van der Waals surface area (Å²) in [6.45, 7) is 4.40.